The van der Waals surface area contributed by atoms with Gasteiger partial charge in [0.05, 0.1) is 0 Å². The molecular weight excluding hydrogens is 234 g/mol. The average molecular weight is 237 g/mol. The van der Waals surface area contributed by atoms with Gasteiger partial charge < -0.3 is 15.3 Å². The Morgan fingerprint density at radius 3 is 1.12 bits per heavy atom. The first-order valence-electron chi connectivity index (χ1n) is 0.667. The van der Waals surface area contributed by atoms with Crippen LogP contribution in [0, 0.1) is 0 Å². The summed E-state index contributed by atoms with van der Waals surface area (Å²) in [4.78, 5) is 0. The van der Waals surface area contributed by atoms with Gasteiger partial charge in [-0.05, 0) is 0 Å². The molecule has 0 aliphatic heterocycles. The maximum absolute atomic E-state index is 8.52. The summed E-state index contributed by atoms with van der Waals surface area (Å²) in [5.74, 6) is 0. The van der Waals surface area contributed by atoms with E-state index in [1.165, 1.54) is 0 Å². The Morgan fingerprint density at radius 2 is 1.12 bits per heavy atom. The Kier molecular flexibility index (Phi) is 22.9. The van der Waals surface area contributed by atoms with Gasteiger partial charge in [0.2, 0.25) is 0 Å². The summed E-state index contributed by atoms with van der Waals surface area (Å²) in [6.45, 7) is 0. The molecular formula is H3NNiO4SZn+2. The quantitative estimate of drug-likeness (QED) is 0.323. The van der Waals surface area contributed by atoms with Crippen LogP contribution in [0.4, 0.5) is 0 Å². The SMILES string of the molecule is N.O=S(=O)([O-])[O-].[Ni+2].[Zn+2]. The molecule has 0 aromatic rings. The minimum absolute atomic E-state index is 0. The van der Waals surface area contributed by atoms with Gasteiger partial charge in [0.15, 0.2) is 0 Å². The van der Waals surface area contributed by atoms with Gasteiger partial charge >= 0.3 is 36.0 Å². The molecule has 0 aliphatic carbocycles. The van der Waals surface area contributed by atoms with Crippen molar-refractivity contribution in [2.75, 3.05) is 0 Å². The van der Waals surface area contributed by atoms with Gasteiger partial charge in [-0.1, -0.05) is 0 Å². The molecule has 0 radical (unpaired) electrons. The molecule has 0 unspecified atom stereocenters. The van der Waals surface area contributed by atoms with Crippen molar-refractivity contribution in [1.29, 1.82) is 0 Å². The van der Waals surface area contributed by atoms with Crippen LogP contribution in [0.25, 0.3) is 0 Å². The second-order valence-corrected chi connectivity index (χ2v) is 1.22. The van der Waals surface area contributed by atoms with Gasteiger partial charge in [-0.15, -0.1) is 0 Å². The van der Waals surface area contributed by atoms with Crippen LogP contribution in [0.3, 0.4) is 0 Å². The van der Waals surface area contributed by atoms with E-state index in [1.807, 2.05) is 0 Å². The zero-order valence-electron chi connectivity index (χ0n) is 3.77. The molecule has 0 saturated carbocycles. The van der Waals surface area contributed by atoms with E-state index in [1.54, 1.807) is 0 Å². The summed E-state index contributed by atoms with van der Waals surface area (Å²) in [7, 11) is -5.17. The zero-order valence-corrected chi connectivity index (χ0v) is 8.54. The van der Waals surface area contributed by atoms with Crippen molar-refractivity contribution in [3.05, 3.63) is 0 Å². The van der Waals surface area contributed by atoms with Gasteiger partial charge in [0.25, 0.3) is 0 Å². The molecule has 0 amide bonds. The van der Waals surface area contributed by atoms with Crippen molar-refractivity contribution >= 4 is 10.4 Å². The van der Waals surface area contributed by atoms with Crippen molar-refractivity contribution < 1.29 is 53.5 Å². The molecule has 0 aromatic heterocycles. The zero-order chi connectivity index (χ0) is 4.50. The molecule has 8 heavy (non-hydrogen) atoms. The van der Waals surface area contributed by atoms with Crippen molar-refractivity contribution in [3.63, 3.8) is 0 Å². The Labute approximate surface area is 70.1 Å². The molecule has 0 spiro atoms. The third-order valence-electron chi connectivity index (χ3n) is 0. The van der Waals surface area contributed by atoms with Gasteiger partial charge in [-0.25, -0.2) is 0 Å². The molecule has 3 N–H and O–H groups in total. The van der Waals surface area contributed by atoms with E-state index in [0.29, 0.717) is 0 Å². The maximum Gasteiger partial charge on any atom is 2.00 e. The maximum atomic E-state index is 8.52. The summed E-state index contributed by atoms with van der Waals surface area (Å²) in [5.41, 5.74) is 0. The van der Waals surface area contributed by atoms with Gasteiger partial charge in [-0.2, -0.15) is 0 Å². The first kappa shape index (κ1) is 23.1. The second-order valence-electron chi connectivity index (χ2n) is 0.408. The fourth-order valence-corrected chi connectivity index (χ4v) is 0. The van der Waals surface area contributed by atoms with E-state index in [4.69, 9.17) is 17.5 Å². The fourth-order valence-electron chi connectivity index (χ4n) is 0. The Balaban J connectivity index is -0.0000000267. The van der Waals surface area contributed by atoms with E-state index >= 15 is 0 Å². The first-order chi connectivity index (χ1) is 2.00. The summed E-state index contributed by atoms with van der Waals surface area (Å²) in [6.07, 6.45) is 0. The van der Waals surface area contributed by atoms with Crippen LogP contribution in [-0.4, -0.2) is 17.5 Å². The minimum Gasteiger partial charge on any atom is -0.759 e. The van der Waals surface area contributed by atoms with Crippen molar-refractivity contribution in [3.8, 4) is 0 Å². The van der Waals surface area contributed by atoms with Crippen LogP contribution in [0.1, 0.15) is 0 Å². The summed E-state index contributed by atoms with van der Waals surface area (Å²) < 4.78 is 34.1. The average Bonchev–Trinajstić information content (AvgIpc) is 0.722. The third-order valence-corrected chi connectivity index (χ3v) is 0. The molecule has 48 valence electrons. The molecule has 0 atom stereocenters. The second kappa shape index (κ2) is 7.95. The predicted molar refractivity (Wildman–Crippen MR) is 15.5 cm³/mol. The van der Waals surface area contributed by atoms with E-state index in [0.717, 1.165) is 0 Å². The molecule has 0 aromatic carbocycles. The predicted octanol–water partition coefficient (Wildman–Crippen LogP) is -1.18. The molecule has 0 aliphatic rings. The summed E-state index contributed by atoms with van der Waals surface area (Å²) in [6, 6.07) is 0. The molecule has 5 nitrogen and oxygen atoms in total. The standard InChI is InChI=1S/H3N.Ni.H2O4S.Zn/c;;1-5(2,3)4;/h1H3;;(H2,1,2,3,4);/q;+2;;+2/p-2. The molecule has 8 heteroatoms. The van der Waals surface area contributed by atoms with Crippen molar-refractivity contribution in [2.24, 2.45) is 0 Å². The van der Waals surface area contributed by atoms with Crippen molar-refractivity contribution in [2.45, 2.75) is 0 Å². The minimum atomic E-state index is -5.17. The van der Waals surface area contributed by atoms with Crippen molar-refractivity contribution in [1.82, 2.24) is 6.15 Å². The van der Waals surface area contributed by atoms with E-state index in [2.05, 4.69) is 0 Å². The van der Waals surface area contributed by atoms with Gasteiger partial charge in [-0.3, -0.25) is 8.42 Å². The molecule has 0 heterocycles. The van der Waals surface area contributed by atoms with E-state index in [-0.39, 0.29) is 42.1 Å². The van der Waals surface area contributed by atoms with E-state index < -0.39 is 10.4 Å². The normalized spacial score (nSPS) is 7.25. The fraction of sp³-hybridized carbons (Fsp3) is 0. The Morgan fingerprint density at radius 1 is 1.12 bits per heavy atom. The molecule has 0 rings (SSSR count). The van der Waals surface area contributed by atoms with Crippen LogP contribution >= 0.6 is 0 Å². The molecule has 0 bridgehead atoms. The van der Waals surface area contributed by atoms with Crippen LogP contribution in [0.2, 0.25) is 0 Å². The van der Waals surface area contributed by atoms with Gasteiger partial charge in [0, 0.05) is 10.4 Å². The van der Waals surface area contributed by atoms with Crippen LogP contribution < -0.4 is 6.15 Å². The Bertz CT molecular complexity index is 99.2. The summed E-state index contributed by atoms with van der Waals surface area (Å²) >= 11 is 0. The topological polar surface area (TPSA) is 115 Å². The molecule has 0 saturated heterocycles. The van der Waals surface area contributed by atoms with Gasteiger partial charge in [0.1, 0.15) is 0 Å². The Hall–Kier alpha value is 0.947. The monoisotopic (exact) mass is 235 g/mol. The number of hydrogen-bond acceptors (Lipinski definition) is 5. The number of rotatable bonds is 0. The van der Waals surface area contributed by atoms with Crippen LogP contribution in [-0.2, 0) is 46.4 Å². The summed E-state index contributed by atoms with van der Waals surface area (Å²) in [5, 5.41) is 0. The largest absolute Gasteiger partial charge is 2.00 e. The number of hydrogen-bond donors (Lipinski definition) is 1. The van der Waals surface area contributed by atoms with Crippen LogP contribution in [0.5, 0.6) is 0 Å². The third kappa shape index (κ3) is 274. The smallest absolute Gasteiger partial charge is 0.759 e. The molecule has 0 fully saturated rings. The van der Waals surface area contributed by atoms with Crippen LogP contribution in [0.15, 0.2) is 0 Å². The first-order valence-corrected chi connectivity index (χ1v) is 2.00. The van der Waals surface area contributed by atoms with E-state index in [9.17, 15) is 0 Å².